The molecule has 1 fully saturated rings. The highest BCUT2D eigenvalue weighted by Gasteiger charge is 2.26. The lowest BCUT2D eigenvalue weighted by molar-refractivity contribution is -0.113. The number of rotatable bonds is 2. The Morgan fingerprint density at radius 2 is 1.48 bits per heavy atom. The molecule has 0 radical (unpaired) electrons. The monoisotopic (exact) mass is 442 g/mol. The second-order valence-corrected chi connectivity index (χ2v) is 7.71. The highest BCUT2D eigenvalue weighted by molar-refractivity contribution is 8.93. The zero-order chi connectivity index (χ0) is 17.8. The molecule has 27 heavy (non-hydrogen) atoms. The van der Waals surface area contributed by atoms with Crippen LogP contribution in [0.25, 0.3) is 17.2 Å². The molecular formula is C22H23BrN2OS. The third-order valence-corrected chi connectivity index (χ3v) is 5.85. The molecule has 0 N–H and O–H groups in total. The number of thioether (sulfide) groups is 1. The molecule has 4 rings (SSSR count). The fraction of sp³-hybridized carbons (Fsp3) is 0.273. The number of hydrogen-bond acceptors (Lipinski definition) is 3. The number of benzene rings is 2. The number of aliphatic imine (C=N–C) groups is 1. The van der Waals surface area contributed by atoms with E-state index in [0.717, 1.165) is 28.7 Å². The lowest BCUT2D eigenvalue weighted by Gasteiger charge is -2.20. The van der Waals surface area contributed by atoms with Gasteiger partial charge < -0.3 is 4.90 Å². The van der Waals surface area contributed by atoms with Gasteiger partial charge in [0, 0.05) is 13.1 Å². The maximum absolute atomic E-state index is 12.3. The lowest BCUT2D eigenvalue weighted by Crippen LogP contribution is -2.28. The first-order chi connectivity index (χ1) is 12.8. The van der Waals surface area contributed by atoms with E-state index in [4.69, 9.17) is 0 Å². The van der Waals surface area contributed by atoms with E-state index in [2.05, 4.69) is 46.3 Å². The summed E-state index contributed by atoms with van der Waals surface area (Å²) in [7, 11) is 0. The van der Waals surface area contributed by atoms with E-state index in [9.17, 15) is 4.79 Å². The van der Waals surface area contributed by atoms with Gasteiger partial charge in [0.15, 0.2) is 5.17 Å². The van der Waals surface area contributed by atoms with Crippen molar-refractivity contribution in [3.63, 3.8) is 0 Å². The van der Waals surface area contributed by atoms with Crippen LogP contribution >= 0.6 is 28.7 Å². The van der Waals surface area contributed by atoms with Crippen molar-refractivity contribution in [2.75, 3.05) is 13.1 Å². The number of hydrogen-bond donors (Lipinski definition) is 0. The average Bonchev–Trinajstić information content (AvgIpc) is 2.88. The Hall–Kier alpha value is -1.85. The van der Waals surface area contributed by atoms with Crippen LogP contribution in [0, 0.1) is 0 Å². The summed E-state index contributed by atoms with van der Waals surface area (Å²) in [6.45, 7) is 2.02. The van der Waals surface area contributed by atoms with E-state index in [0.29, 0.717) is 0 Å². The van der Waals surface area contributed by atoms with Crippen LogP contribution in [0.3, 0.4) is 0 Å². The summed E-state index contributed by atoms with van der Waals surface area (Å²) in [4.78, 5) is 19.6. The quantitative estimate of drug-likeness (QED) is 0.552. The normalized spacial score (nSPS) is 18.8. The minimum absolute atomic E-state index is 0. The molecule has 2 aliphatic heterocycles. The summed E-state index contributed by atoms with van der Waals surface area (Å²) in [5.74, 6) is -0.110. The summed E-state index contributed by atoms with van der Waals surface area (Å²) in [6.07, 6.45) is 6.88. The standard InChI is InChI=1S/C22H22N2OS.BrH/c25-21-20(26-22(23-21)24-14-6-1-2-7-15-24)16-17-10-12-19(13-11-17)18-8-4-3-5-9-18;/h3-5,8-13,16H,1-2,6-7,14-15H2;1H/b20-16+;. The van der Waals surface area contributed by atoms with Crippen molar-refractivity contribution >= 4 is 45.9 Å². The SMILES string of the molecule is Br.O=C1N=C(N2CCCCCC2)S/C1=C/c1ccc(-c2ccccc2)cc1. The molecular weight excluding hydrogens is 420 g/mol. The maximum Gasteiger partial charge on any atom is 0.286 e. The summed E-state index contributed by atoms with van der Waals surface area (Å²) in [5.41, 5.74) is 3.41. The second-order valence-electron chi connectivity index (χ2n) is 6.70. The summed E-state index contributed by atoms with van der Waals surface area (Å²) >= 11 is 1.52. The molecule has 0 unspecified atom stereocenters. The number of amides is 1. The van der Waals surface area contributed by atoms with Crippen LogP contribution in [-0.4, -0.2) is 29.1 Å². The van der Waals surface area contributed by atoms with Crippen molar-refractivity contribution < 1.29 is 4.79 Å². The number of likely N-dealkylation sites (tertiary alicyclic amines) is 1. The van der Waals surface area contributed by atoms with E-state index < -0.39 is 0 Å². The second kappa shape index (κ2) is 9.38. The van der Waals surface area contributed by atoms with Crippen molar-refractivity contribution in [1.82, 2.24) is 4.90 Å². The molecule has 1 saturated heterocycles. The van der Waals surface area contributed by atoms with Crippen LogP contribution in [0.2, 0.25) is 0 Å². The molecule has 1 amide bonds. The molecule has 0 saturated carbocycles. The number of amidine groups is 1. The van der Waals surface area contributed by atoms with E-state index in [1.54, 1.807) is 0 Å². The van der Waals surface area contributed by atoms with E-state index in [-0.39, 0.29) is 22.9 Å². The summed E-state index contributed by atoms with van der Waals surface area (Å²) in [5, 5.41) is 0.879. The van der Waals surface area contributed by atoms with Crippen LogP contribution in [0.4, 0.5) is 0 Å². The Balaban J connectivity index is 0.00000210. The van der Waals surface area contributed by atoms with Gasteiger partial charge in [0.2, 0.25) is 0 Å². The van der Waals surface area contributed by atoms with E-state index >= 15 is 0 Å². The minimum atomic E-state index is -0.110. The van der Waals surface area contributed by atoms with Crippen LogP contribution in [0.15, 0.2) is 64.5 Å². The molecule has 0 aliphatic carbocycles. The molecule has 140 valence electrons. The van der Waals surface area contributed by atoms with Crippen molar-refractivity contribution in [3.05, 3.63) is 65.1 Å². The molecule has 2 aliphatic rings. The van der Waals surface area contributed by atoms with Gasteiger partial charge in [0.1, 0.15) is 0 Å². The van der Waals surface area contributed by atoms with Crippen LogP contribution < -0.4 is 0 Å². The largest absolute Gasteiger partial charge is 0.351 e. The van der Waals surface area contributed by atoms with Gasteiger partial charge in [0.05, 0.1) is 4.91 Å². The van der Waals surface area contributed by atoms with E-state index in [1.165, 1.54) is 48.6 Å². The topological polar surface area (TPSA) is 32.7 Å². The first kappa shape index (κ1) is 19.9. The highest BCUT2D eigenvalue weighted by atomic mass is 79.9. The van der Waals surface area contributed by atoms with Gasteiger partial charge in [-0.1, -0.05) is 67.4 Å². The maximum atomic E-state index is 12.3. The zero-order valence-corrected chi connectivity index (χ0v) is 17.7. The molecule has 3 nitrogen and oxygen atoms in total. The van der Waals surface area contributed by atoms with Crippen LogP contribution in [-0.2, 0) is 4.79 Å². The molecule has 0 spiro atoms. The molecule has 2 aromatic carbocycles. The van der Waals surface area contributed by atoms with Gasteiger partial charge >= 0.3 is 0 Å². The van der Waals surface area contributed by atoms with Gasteiger partial charge in [-0.05, 0) is 47.4 Å². The number of carbonyl (C=O) groups is 1. The summed E-state index contributed by atoms with van der Waals surface area (Å²) in [6, 6.07) is 18.6. The molecule has 5 heteroatoms. The zero-order valence-electron chi connectivity index (χ0n) is 15.1. The first-order valence-corrected chi connectivity index (χ1v) is 10.0. The first-order valence-electron chi connectivity index (χ1n) is 9.23. The number of nitrogens with zero attached hydrogens (tertiary/aromatic N) is 2. The Kier molecular flexibility index (Phi) is 6.91. The molecule has 0 atom stereocenters. The summed E-state index contributed by atoms with van der Waals surface area (Å²) < 4.78 is 0. The van der Waals surface area contributed by atoms with Crippen molar-refractivity contribution in [1.29, 1.82) is 0 Å². The van der Waals surface area contributed by atoms with Gasteiger partial charge in [-0.15, -0.1) is 17.0 Å². The molecule has 0 aromatic heterocycles. The van der Waals surface area contributed by atoms with Gasteiger partial charge in [-0.2, -0.15) is 4.99 Å². The fourth-order valence-electron chi connectivity index (χ4n) is 3.35. The predicted octanol–water partition coefficient (Wildman–Crippen LogP) is 5.78. The van der Waals surface area contributed by atoms with Crippen molar-refractivity contribution in [2.24, 2.45) is 4.99 Å². The Morgan fingerprint density at radius 3 is 2.15 bits per heavy atom. The van der Waals surface area contributed by atoms with E-state index in [1.807, 2.05) is 24.3 Å². The predicted molar refractivity (Wildman–Crippen MR) is 120 cm³/mol. The van der Waals surface area contributed by atoms with Crippen LogP contribution in [0.1, 0.15) is 31.2 Å². The molecule has 2 aromatic rings. The molecule has 0 bridgehead atoms. The Morgan fingerprint density at radius 1 is 0.852 bits per heavy atom. The number of carbonyl (C=O) groups excluding carboxylic acids is 1. The average molecular weight is 443 g/mol. The Labute approximate surface area is 175 Å². The van der Waals surface area contributed by atoms with Crippen molar-refractivity contribution in [2.45, 2.75) is 25.7 Å². The Bertz CT molecular complexity index is 838. The highest BCUT2D eigenvalue weighted by Crippen LogP contribution is 2.31. The number of halogens is 1. The van der Waals surface area contributed by atoms with Gasteiger partial charge in [0.25, 0.3) is 5.91 Å². The fourth-order valence-corrected chi connectivity index (χ4v) is 4.31. The van der Waals surface area contributed by atoms with Gasteiger partial charge in [-0.25, -0.2) is 0 Å². The third kappa shape index (κ3) is 4.90. The van der Waals surface area contributed by atoms with Crippen LogP contribution in [0.5, 0.6) is 0 Å². The minimum Gasteiger partial charge on any atom is -0.351 e. The van der Waals surface area contributed by atoms with Crippen molar-refractivity contribution in [3.8, 4) is 11.1 Å². The molecule has 2 heterocycles. The smallest absolute Gasteiger partial charge is 0.286 e. The van der Waals surface area contributed by atoms with Gasteiger partial charge in [-0.3, -0.25) is 4.79 Å². The lowest BCUT2D eigenvalue weighted by atomic mass is 10.0. The third-order valence-electron chi connectivity index (χ3n) is 4.80.